The van der Waals surface area contributed by atoms with Crippen LogP contribution in [-0.2, 0) is 0 Å². The van der Waals surface area contributed by atoms with Crippen LogP contribution in [0.25, 0.3) is 0 Å². The van der Waals surface area contributed by atoms with Gasteiger partial charge in [0.25, 0.3) is 0 Å². The number of hydrogen-bond acceptors (Lipinski definition) is 4. The molecular formula is C16H20N2O3. The summed E-state index contributed by atoms with van der Waals surface area (Å²) >= 11 is 0. The van der Waals surface area contributed by atoms with E-state index in [0.29, 0.717) is 18.2 Å². The Labute approximate surface area is 124 Å². The van der Waals surface area contributed by atoms with Gasteiger partial charge in [-0.15, -0.1) is 0 Å². The summed E-state index contributed by atoms with van der Waals surface area (Å²) in [5.74, 6) is 1.43. The number of methoxy groups -OCH3 is 1. The Hall–Kier alpha value is -2.01. The predicted octanol–water partition coefficient (Wildman–Crippen LogP) is 3.03. The van der Waals surface area contributed by atoms with E-state index in [1.54, 1.807) is 13.4 Å². The van der Waals surface area contributed by atoms with E-state index in [-0.39, 0.29) is 6.10 Å². The van der Waals surface area contributed by atoms with Crippen LogP contribution in [0.2, 0.25) is 0 Å². The molecule has 2 atom stereocenters. The standard InChI is InChI=1S/C16H20N2O3/c1-10(2)18-9-17-8-13(18)16-7-14(19)12-6-11(20-3)4-5-15(12)21-16/h4-6,8-10,14,16,19H,7H2,1-3H3. The third-order valence-corrected chi connectivity index (χ3v) is 3.86. The fourth-order valence-corrected chi connectivity index (χ4v) is 2.73. The first-order chi connectivity index (χ1) is 10.1. The largest absolute Gasteiger partial charge is 0.497 e. The Bertz CT molecular complexity index is 636. The zero-order chi connectivity index (χ0) is 15.0. The van der Waals surface area contributed by atoms with Crippen LogP contribution in [0, 0.1) is 0 Å². The minimum absolute atomic E-state index is 0.189. The number of benzene rings is 1. The lowest BCUT2D eigenvalue weighted by Crippen LogP contribution is -2.22. The minimum Gasteiger partial charge on any atom is -0.497 e. The second kappa shape index (κ2) is 5.41. The average molecular weight is 288 g/mol. The van der Waals surface area contributed by atoms with Crippen molar-refractivity contribution in [1.82, 2.24) is 9.55 Å². The fraction of sp³-hybridized carbons (Fsp3) is 0.438. The Balaban J connectivity index is 1.93. The number of imidazole rings is 1. The summed E-state index contributed by atoms with van der Waals surface area (Å²) in [6, 6.07) is 5.82. The lowest BCUT2D eigenvalue weighted by atomic mass is 9.97. The molecule has 0 saturated carbocycles. The first-order valence-electron chi connectivity index (χ1n) is 7.14. The first kappa shape index (κ1) is 13.9. The van der Waals surface area contributed by atoms with Gasteiger partial charge in [-0.1, -0.05) is 0 Å². The lowest BCUT2D eigenvalue weighted by Gasteiger charge is -2.30. The lowest BCUT2D eigenvalue weighted by molar-refractivity contribution is 0.0611. The summed E-state index contributed by atoms with van der Waals surface area (Å²) in [5.41, 5.74) is 1.77. The zero-order valence-electron chi connectivity index (χ0n) is 12.5. The Morgan fingerprint density at radius 2 is 2.24 bits per heavy atom. The van der Waals surface area contributed by atoms with E-state index in [1.165, 1.54) is 0 Å². The smallest absolute Gasteiger partial charge is 0.143 e. The van der Waals surface area contributed by atoms with Crippen LogP contribution in [0.4, 0.5) is 0 Å². The Kier molecular flexibility index (Phi) is 3.59. The molecule has 2 unspecified atom stereocenters. The maximum absolute atomic E-state index is 10.4. The van der Waals surface area contributed by atoms with Crippen molar-refractivity contribution in [2.75, 3.05) is 7.11 Å². The summed E-state index contributed by atoms with van der Waals surface area (Å²) < 4.78 is 13.3. The SMILES string of the molecule is COc1ccc2c(c1)C(O)CC(c1cncn1C(C)C)O2. The van der Waals surface area contributed by atoms with Crippen molar-refractivity contribution in [2.24, 2.45) is 0 Å². The molecule has 1 aromatic heterocycles. The highest BCUT2D eigenvalue weighted by Gasteiger charge is 2.30. The van der Waals surface area contributed by atoms with Gasteiger partial charge in [0.05, 0.1) is 31.4 Å². The molecule has 0 saturated heterocycles. The van der Waals surface area contributed by atoms with Crippen LogP contribution in [0.5, 0.6) is 11.5 Å². The normalized spacial score (nSPS) is 21.0. The number of hydrogen-bond donors (Lipinski definition) is 1. The quantitative estimate of drug-likeness (QED) is 0.943. The van der Waals surface area contributed by atoms with Crippen molar-refractivity contribution < 1.29 is 14.6 Å². The average Bonchev–Trinajstić information content (AvgIpc) is 2.96. The molecule has 112 valence electrons. The number of nitrogens with zero attached hydrogens (tertiary/aromatic N) is 2. The van der Waals surface area contributed by atoms with Gasteiger partial charge >= 0.3 is 0 Å². The molecule has 0 radical (unpaired) electrons. The van der Waals surface area contributed by atoms with Crippen molar-refractivity contribution >= 4 is 0 Å². The monoisotopic (exact) mass is 288 g/mol. The molecule has 5 heteroatoms. The van der Waals surface area contributed by atoms with E-state index in [1.807, 2.05) is 24.4 Å². The van der Waals surface area contributed by atoms with Gasteiger partial charge < -0.3 is 19.1 Å². The molecule has 1 aromatic carbocycles. The molecule has 5 nitrogen and oxygen atoms in total. The van der Waals surface area contributed by atoms with Gasteiger partial charge in [-0.25, -0.2) is 4.98 Å². The molecule has 21 heavy (non-hydrogen) atoms. The summed E-state index contributed by atoms with van der Waals surface area (Å²) in [6.07, 6.45) is 3.37. The van der Waals surface area contributed by atoms with Gasteiger partial charge in [-0.3, -0.25) is 0 Å². The molecule has 2 heterocycles. The topological polar surface area (TPSA) is 56.5 Å². The Morgan fingerprint density at radius 1 is 1.43 bits per heavy atom. The molecule has 1 aliphatic heterocycles. The highest BCUT2D eigenvalue weighted by molar-refractivity contribution is 5.43. The van der Waals surface area contributed by atoms with Crippen LogP contribution >= 0.6 is 0 Å². The second-order valence-corrected chi connectivity index (χ2v) is 5.58. The summed E-state index contributed by atoms with van der Waals surface area (Å²) in [6.45, 7) is 4.20. The number of aromatic nitrogens is 2. The van der Waals surface area contributed by atoms with Crippen molar-refractivity contribution in [3.05, 3.63) is 42.0 Å². The maximum Gasteiger partial charge on any atom is 0.143 e. The van der Waals surface area contributed by atoms with Gasteiger partial charge in [-0.05, 0) is 32.0 Å². The number of rotatable bonds is 3. The second-order valence-electron chi connectivity index (χ2n) is 5.58. The molecular weight excluding hydrogens is 268 g/mol. The minimum atomic E-state index is -0.565. The maximum atomic E-state index is 10.4. The van der Waals surface area contributed by atoms with E-state index >= 15 is 0 Å². The highest BCUT2D eigenvalue weighted by atomic mass is 16.5. The van der Waals surface area contributed by atoms with Crippen molar-refractivity contribution in [2.45, 2.75) is 38.5 Å². The molecule has 0 fully saturated rings. The molecule has 3 rings (SSSR count). The number of fused-ring (bicyclic) bond motifs is 1. The van der Waals surface area contributed by atoms with Gasteiger partial charge in [0.1, 0.15) is 17.6 Å². The van der Waals surface area contributed by atoms with Crippen molar-refractivity contribution in [3.63, 3.8) is 0 Å². The van der Waals surface area contributed by atoms with E-state index in [4.69, 9.17) is 9.47 Å². The molecule has 0 aliphatic carbocycles. The van der Waals surface area contributed by atoms with E-state index in [9.17, 15) is 5.11 Å². The molecule has 1 aliphatic rings. The van der Waals surface area contributed by atoms with Crippen molar-refractivity contribution in [3.8, 4) is 11.5 Å². The third kappa shape index (κ3) is 2.49. The fourth-order valence-electron chi connectivity index (χ4n) is 2.73. The predicted molar refractivity (Wildman–Crippen MR) is 78.6 cm³/mol. The zero-order valence-corrected chi connectivity index (χ0v) is 12.5. The van der Waals surface area contributed by atoms with Gasteiger partial charge in [-0.2, -0.15) is 0 Å². The van der Waals surface area contributed by atoms with Gasteiger partial charge in [0, 0.05) is 18.0 Å². The van der Waals surface area contributed by atoms with Gasteiger partial charge in [0.15, 0.2) is 0 Å². The summed E-state index contributed by atoms with van der Waals surface area (Å²) in [4.78, 5) is 4.21. The molecule has 2 aromatic rings. The van der Waals surface area contributed by atoms with Crippen LogP contribution < -0.4 is 9.47 Å². The summed E-state index contributed by atoms with van der Waals surface area (Å²) in [7, 11) is 1.61. The van der Waals surface area contributed by atoms with E-state index < -0.39 is 6.10 Å². The Morgan fingerprint density at radius 3 is 2.95 bits per heavy atom. The summed E-state index contributed by atoms with van der Waals surface area (Å²) in [5, 5.41) is 10.4. The van der Waals surface area contributed by atoms with Crippen molar-refractivity contribution in [1.29, 1.82) is 0 Å². The first-order valence-corrected chi connectivity index (χ1v) is 7.14. The van der Waals surface area contributed by atoms with Crippen LogP contribution in [0.3, 0.4) is 0 Å². The van der Waals surface area contributed by atoms with Crippen LogP contribution in [0.15, 0.2) is 30.7 Å². The van der Waals surface area contributed by atoms with E-state index in [2.05, 4.69) is 23.4 Å². The van der Waals surface area contributed by atoms with E-state index in [0.717, 1.165) is 17.0 Å². The van der Waals surface area contributed by atoms with Gasteiger partial charge in [0.2, 0.25) is 0 Å². The molecule has 0 bridgehead atoms. The molecule has 0 amide bonds. The number of ether oxygens (including phenoxy) is 2. The third-order valence-electron chi connectivity index (χ3n) is 3.86. The molecule has 1 N–H and O–H groups in total. The number of aliphatic hydroxyl groups excluding tert-OH is 1. The van der Waals surface area contributed by atoms with Crippen LogP contribution in [0.1, 0.15) is 49.8 Å². The highest BCUT2D eigenvalue weighted by Crippen LogP contribution is 2.42. The molecule has 0 spiro atoms. The number of aliphatic hydroxyl groups is 1. The van der Waals surface area contributed by atoms with Crippen LogP contribution in [-0.4, -0.2) is 21.8 Å².